The molecule has 34 heavy (non-hydrogen) atoms. The summed E-state index contributed by atoms with van der Waals surface area (Å²) in [4.78, 5) is 23.9. The van der Waals surface area contributed by atoms with Crippen molar-refractivity contribution >= 4 is 12.1 Å². The molecule has 1 aromatic carbocycles. The number of hydrogen-bond acceptors (Lipinski definition) is 5. The molecule has 0 saturated carbocycles. The fraction of sp³-hybridized carbons (Fsp3) is 0.704. The molecular formula is C27H45NO6. The molecule has 0 saturated heterocycles. The van der Waals surface area contributed by atoms with Crippen LogP contribution in [0.2, 0.25) is 0 Å². The van der Waals surface area contributed by atoms with Crippen LogP contribution in [0, 0.1) is 17.8 Å². The van der Waals surface area contributed by atoms with E-state index in [0.717, 1.165) is 12.8 Å². The number of benzene rings is 1. The Labute approximate surface area is 204 Å². The summed E-state index contributed by atoms with van der Waals surface area (Å²) in [6.07, 6.45) is 0.698. The van der Waals surface area contributed by atoms with Gasteiger partial charge < -0.3 is 25.4 Å². The van der Waals surface area contributed by atoms with Gasteiger partial charge in [-0.25, -0.2) is 4.79 Å². The third-order valence-corrected chi connectivity index (χ3v) is 6.11. The van der Waals surface area contributed by atoms with Crippen molar-refractivity contribution in [3.63, 3.8) is 0 Å². The summed E-state index contributed by atoms with van der Waals surface area (Å²) in [6, 6.07) is 7.52. The molecule has 1 amide bonds. The second-order valence-corrected chi connectivity index (χ2v) is 10.9. The number of ether oxygens (including phenoxy) is 1. The number of rotatable bonds is 13. The van der Waals surface area contributed by atoms with Crippen LogP contribution in [0.3, 0.4) is 0 Å². The lowest BCUT2D eigenvalue weighted by Gasteiger charge is -2.32. The average Bonchev–Trinajstić information content (AvgIpc) is 2.70. The van der Waals surface area contributed by atoms with Crippen molar-refractivity contribution in [2.45, 2.75) is 104 Å². The third-order valence-electron chi connectivity index (χ3n) is 6.11. The van der Waals surface area contributed by atoms with Gasteiger partial charge in [-0.05, 0) is 82.8 Å². The summed E-state index contributed by atoms with van der Waals surface area (Å²) in [6.45, 7) is 12.9. The number of carbonyl (C=O) groups excluding carboxylic acids is 1. The van der Waals surface area contributed by atoms with Crippen LogP contribution in [0.4, 0.5) is 4.79 Å². The molecule has 0 heterocycles. The lowest BCUT2D eigenvalue weighted by Crippen LogP contribution is -2.47. The number of hydrogen-bond donors (Lipinski definition) is 4. The van der Waals surface area contributed by atoms with Crippen molar-refractivity contribution in [1.82, 2.24) is 5.32 Å². The monoisotopic (exact) mass is 479 g/mol. The van der Waals surface area contributed by atoms with Crippen LogP contribution in [-0.2, 0) is 22.4 Å². The summed E-state index contributed by atoms with van der Waals surface area (Å²) in [5.41, 5.74) is 1.69. The number of aliphatic carboxylic acids is 1. The van der Waals surface area contributed by atoms with Gasteiger partial charge in [0.2, 0.25) is 0 Å². The number of carboxylic acids is 1. The summed E-state index contributed by atoms with van der Waals surface area (Å²) in [5, 5.41) is 32.7. The first kappa shape index (κ1) is 29.9. The van der Waals surface area contributed by atoms with Gasteiger partial charge in [-0.3, -0.25) is 4.79 Å². The van der Waals surface area contributed by atoms with Crippen molar-refractivity contribution in [2.75, 3.05) is 0 Å². The van der Waals surface area contributed by atoms with E-state index >= 15 is 0 Å². The molecule has 0 aromatic heterocycles. The number of aliphatic hydroxyl groups excluding tert-OH is 2. The van der Waals surface area contributed by atoms with E-state index in [9.17, 15) is 24.9 Å². The van der Waals surface area contributed by atoms with Gasteiger partial charge in [0.25, 0.3) is 0 Å². The summed E-state index contributed by atoms with van der Waals surface area (Å²) < 4.78 is 5.40. The number of amides is 1. The second kappa shape index (κ2) is 13.7. The van der Waals surface area contributed by atoms with Crippen LogP contribution in [0.5, 0.6) is 0 Å². The predicted molar refractivity (Wildman–Crippen MR) is 134 cm³/mol. The van der Waals surface area contributed by atoms with Gasteiger partial charge in [-0.2, -0.15) is 0 Å². The molecule has 4 N–H and O–H groups in total. The molecule has 0 spiro atoms. The smallest absolute Gasteiger partial charge is 0.407 e. The molecule has 7 heteroatoms. The van der Waals surface area contributed by atoms with Crippen LogP contribution in [0.15, 0.2) is 24.3 Å². The average molecular weight is 480 g/mol. The molecule has 0 radical (unpaired) electrons. The first-order chi connectivity index (χ1) is 15.7. The Hall–Kier alpha value is -2.12. The van der Waals surface area contributed by atoms with Crippen molar-refractivity contribution in [3.8, 4) is 0 Å². The van der Waals surface area contributed by atoms with Crippen LogP contribution >= 0.6 is 0 Å². The highest BCUT2D eigenvalue weighted by Crippen LogP contribution is 2.27. The van der Waals surface area contributed by atoms with Crippen LogP contribution in [0.25, 0.3) is 0 Å². The maximum atomic E-state index is 12.5. The fourth-order valence-electron chi connectivity index (χ4n) is 3.96. The van der Waals surface area contributed by atoms with Crippen LogP contribution < -0.4 is 5.32 Å². The zero-order valence-corrected chi connectivity index (χ0v) is 21.9. The van der Waals surface area contributed by atoms with E-state index < -0.39 is 35.7 Å². The number of carbonyl (C=O) groups is 2. The molecule has 0 aliphatic carbocycles. The maximum absolute atomic E-state index is 12.5. The van der Waals surface area contributed by atoms with E-state index in [1.54, 1.807) is 34.6 Å². The molecule has 0 bridgehead atoms. The standard InChI is InChI=1S/C27H45NO6/c1-17(2)22(15-21-11-9-8-10-20(21)13-12-19(4)29)16-23(24(30)14-18(3)25(31)32)28-26(33)34-27(5,6)7/h8-11,17-19,22-24,29-30H,12-16H2,1-7H3,(H,28,33)(H,31,32)/t18?,19-,22-,23-,24-/m0/s1. The van der Waals surface area contributed by atoms with Gasteiger partial charge in [0, 0.05) is 0 Å². The number of carboxylic acid groups (broad SMARTS) is 1. The van der Waals surface area contributed by atoms with E-state index in [1.807, 2.05) is 12.1 Å². The Morgan fingerprint density at radius 2 is 1.59 bits per heavy atom. The molecule has 1 unspecified atom stereocenters. The SMILES string of the molecule is CC(C[C@H](O)[C@H](C[C@H](Cc1ccccc1CC[C@H](C)O)C(C)C)NC(=O)OC(C)(C)C)C(=O)O. The Bertz CT molecular complexity index is 771. The van der Waals surface area contributed by atoms with Gasteiger partial charge in [0.05, 0.1) is 24.2 Å². The van der Waals surface area contributed by atoms with Gasteiger partial charge in [0.1, 0.15) is 5.60 Å². The molecule has 194 valence electrons. The molecule has 1 aromatic rings. The van der Waals surface area contributed by atoms with Crippen molar-refractivity contribution in [3.05, 3.63) is 35.4 Å². The fourth-order valence-corrected chi connectivity index (χ4v) is 3.96. The number of alkyl carbamates (subject to hydrolysis) is 1. The highest BCUT2D eigenvalue weighted by atomic mass is 16.6. The van der Waals surface area contributed by atoms with Crippen molar-refractivity contribution in [1.29, 1.82) is 0 Å². The second-order valence-electron chi connectivity index (χ2n) is 10.9. The molecule has 0 aliphatic heterocycles. The minimum Gasteiger partial charge on any atom is -0.481 e. The Morgan fingerprint density at radius 3 is 2.09 bits per heavy atom. The largest absolute Gasteiger partial charge is 0.481 e. The van der Waals surface area contributed by atoms with E-state index in [-0.39, 0.29) is 24.4 Å². The summed E-state index contributed by atoms with van der Waals surface area (Å²) in [5.74, 6) is -1.33. The number of nitrogens with one attached hydrogen (secondary N) is 1. The van der Waals surface area contributed by atoms with Crippen LogP contribution in [-0.4, -0.2) is 51.2 Å². The van der Waals surface area contributed by atoms with Gasteiger partial charge in [-0.15, -0.1) is 0 Å². The Kier molecular flexibility index (Phi) is 12.0. The maximum Gasteiger partial charge on any atom is 0.407 e. The zero-order chi connectivity index (χ0) is 26.1. The van der Waals surface area contributed by atoms with Gasteiger partial charge >= 0.3 is 12.1 Å². The minimum atomic E-state index is -1.02. The molecule has 7 nitrogen and oxygen atoms in total. The summed E-state index contributed by atoms with van der Waals surface area (Å²) >= 11 is 0. The van der Waals surface area contributed by atoms with Crippen LogP contribution in [0.1, 0.15) is 78.9 Å². The van der Waals surface area contributed by atoms with Crippen molar-refractivity contribution in [2.24, 2.45) is 17.8 Å². The summed E-state index contributed by atoms with van der Waals surface area (Å²) in [7, 11) is 0. The molecule has 0 aliphatic rings. The molecule has 1 rings (SSSR count). The zero-order valence-electron chi connectivity index (χ0n) is 21.9. The first-order valence-electron chi connectivity index (χ1n) is 12.3. The normalized spacial score (nSPS) is 16.4. The Morgan fingerprint density at radius 1 is 1.00 bits per heavy atom. The first-order valence-corrected chi connectivity index (χ1v) is 12.3. The highest BCUT2D eigenvalue weighted by Gasteiger charge is 2.31. The molecule has 0 fully saturated rings. The molecular weight excluding hydrogens is 434 g/mol. The van der Waals surface area contributed by atoms with Crippen molar-refractivity contribution < 1.29 is 29.6 Å². The quantitative estimate of drug-likeness (QED) is 0.329. The highest BCUT2D eigenvalue weighted by molar-refractivity contribution is 5.70. The lowest BCUT2D eigenvalue weighted by atomic mass is 9.80. The lowest BCUT2D eigenvalue weighted by molar-refractivity contribution is -0.142. The van der Waals surface area contributed by atoms with Gasteiger partial charge in [0.15, 0.2) is 0 Å². The minimum absolute atomic E-state index is 0.0333. The van der Waals surface area contributed by atoms with Gasteiger partial charge in [-0.1, -0.05) is 45.0 Å². The third kappa shape index (κ3) is 11.3. The Balaban J connectivity index is 3.10. The van der Waals surface area contributed by atoms with E-state index in [2.05, 4.69) is 31.3 Å². The topological polar surface area (TPSA) is 116 Å². The predicted octanol–water partition coefficient (Wildman–Crippen LogP) is 4.57. The molecule has 5 atom stereocenters. The van der Waals surface area contributed by atoms with E-state index in [4.69, 9.17) is 4.74 Å². The number of aliphatic hydroxyl groups is 2. The van der Waals surface area contributed by atoms with E-state index in [1.165, 1.54) is 11.1 Å². The van der Waals surface area contributed by atoms with E-state index in [0.29, 0.717) is 12.8 Å². The number of aryl methyl sites for hydroxylation is 1.